The van der Waals surface area contributed by atoms with Crippen molar-refractivity contribution in [3.63, 3.8) is 0 Å². The third-order valence-corrected chi connectivity index (χ3v) is 1.43. The molecule has 1 unspecified atom stereocenters. The summed E-state index contributed by atoms with van der Waals surface area (Å²) in [6.07, 6.45) is -1.63. The van der Waals surface area contributed by atoms with Crippen molar-refractivity contribution in [2.24, 2.45) is 0 Å². The van der Waals surface area contributed by atoms with Gasteiger partial charge in [-0.15, -0.1) is 0 Å². The van der Waals surface area contributed by atoms with Gasteiger partial charge in [0.25, 0.3) is 0 Å². The highest BCUT2D eigenvalue weighted by molar-refractivity contribution is 5.71. The molecule has 0 heterocycles. The van der Waals surface area contributed by atoms with Gasteiger partial charge < -0.3 is 20.1 Å². The Morgan fingerprint density at radius 2 is 1.83 bits per heavy atom. The molecule has 4 heteroatoms. The zero-order valence-corrected chi connectivity index (χ0v) is 6.10. The number of aliphatic hydroxyl groups is 1. The van der Waals surface area contributed by atoms with Crippen molar-refractivity contribution >= 4 is 5.97 Å². The molecule has 64 valence electrons. The van der Waals surface area contributed by atoms with E-state index >= 15 is 0 Å². The lowest BCUT2D eigenvalue weighted by molar-refractivity contribution is -0.315. The van der Waals surface area contributed by atoms with Gasteiger partial charge in [0.15, 0.2) is 0 Å². The van der Waals surface area contributed by atoms with E-state index < -0.39 is 12.1 Å². The van der Waals surface area contributed by atoms with E-state index in [0.29, 0.717) is 0 Å². The number of rotatable bonds is 2. The minimum atomic E-state index is -1.63. The molecular weight excluding hydrogens is 160 g/mol. The number of carbonyl (C=O) groups excluding carboxylic acids is 1. The van der Waals surface area contributed by atoms with E-state index in [1.165, 1.54) is 24.3 Å². The average Bonchev–Trinajstić information content (AvgIpc) is 2.04. The molecule has 0 aliphatic carbocycles. The maximum atomic E-state index is 10.2. The van der Waals surface area contributed by atoms with Crippen LogP contribution in [0.1, 0.15) is 11.7 Å². The summed E-state index contributed by atoms with van der Waals surface area (Å²) in [4.78, 5) is 10.2. The van der Waals surface area contributed by atoms with E-state index in [4.69, 9.17) is 10.2 Å². The highest BCUT2D eigenvalue weighted by atomic mass is 16.4. The number of aliphatic hydroxyl groups excluding tert-OH is 1. The van der Waals surface area contributed by atoms with E-state index in [2.05, 4.69) is 0 Å². The molecule has 0 aliphatic rings. The lowest BCUT2D eigenvalue weighted by Crippen LogP contribution is -2.29. The predicted molar refractivity (Wildman–Crippen MR) is 38.1 cm³/mol. The van der Waals surface area contributed by atoms with Crippen LogP contribution in [0.5, 0.6) is 5.75 Å². The summed E-state index contributed by atoms with van der Waals surface area (Å²) in [5, 5.41) is 27.9. The first kappa shape index (κ1) is 8.55. The first-order valence-corrected chi connectivity index (χ1v) is 3.29. The van der Waals surface area contributed by atoms with Crippen LogP contribution in [-0.4, -0.2) is 16.2 Å². The van der Waals surface area contributed by atoms with Gasteiger partial charge in [0.05, 0.1) is 5.97 Å². The van der Waals surface area contributed by atoms with E-state index in [-0.39, 0.29) is 11.3 Å². The molecule has 12 heavy (non-hydrogen) atoms. The van der Waals surface area contributed by atoms with Crippen LogP contribution < -0.4 is 5.11 Å². The highest BCUT2D eigenvalue weighted by Gasteiger charge is 2.06. The fraction of sp³-hybridized carbons (Fsp3) is 0.125. The Kier molecular flexibility index (Phi) is 2.30. The molecule has 0 radical (unpaired) electrons. The number of aromatic hydroxyl groups is 1. The Labute approximate surface area is 68.7 Å². The second-order valence-electron chi connectivity index (χ2n) is 2.31. The topological polar surface area (TPSA) is 80.6 Å². The number of carbonyl (C=O) groups is 1. The second kappa shape index (κ2) is 3.23. The lowest BCUT2D eigenvalue weighted by atomic mass is 10.1. The molecule has 1 atom stereocenters. The zero-order chi connectivity index (χ0) is 9.14. The summed E-state index contributed by atoms with van der Waals surface area (Å²) in [7, 11) is 0. The van der Waals surface area contributed by atoms with Crippen molar-refractivity contribution in [1.29, 1.82) is 0 Å². The van der Waals surface area contributed by atoms with Crippen LogP contribution in [0, 0.1) is 0 Å². The Hall–Kier alpha value is -1.55. The summed E-state index contributed by atoms with van der Waals surface area (Å²) in [6, 6.07) is 5.22. The number of carboxylic acid groups (broad SMARTS) is 1. The summed E-state index contributed by atoms with van der Waals surface area (Å²) >= 11 is 0. The van der Waals surface area contributed by atoms with Gasteiger partial charge in [0, 0.05) is 0 Å². The van der Waals surface area contributed by atoms with Crippen molar-refractivity contribution in [3.8, 4) is 5.75 Å². The van der Waals surface area contributed by atoms with Gasteiger partial charge in [-0.1, -0.05) is 12.1 Å². The Bertz CT molecular complexity index is 278. The maximum absolute atomic E-state index is 10.2. The third-order valence-electron chi connectivity index (χ3n) is 1.43. The summed E-state index contributed by atoms with van der Waals surface area (Å²) in [6.45, 7) is 0. The number of hydrogen-bond acceptors (Lipinski definition) is 4. The maximum Gasteiger partial charge on any atom is 0.118 e. The fourth-order valence-electron chi connectivity index (χ4n) is 0.793. The molecule has 0 aliphatic heterocycles. The minimum absolute atomic E-state index is 0.0179. The molecule has 1 aromatic carbocycles. The van der Waals surface area contributed by atoms with E-state index in [1.54, 1.807) is 0 Å². The van der Waals surface area contributed by atoms with Gasteiger partial charge in [-0.25, -0.2) is 0 Å². The second-order valence-corrected chi connectivity index (χ2v) is 2.31. The van der Waals surface area contributed by atoms with Crippen molar-refractivity contribution in [3.05, 3.63) is 29.8 Å². The largest absolute Gasteiger partial charge is 0.547 e. The first-order chi connectivity index (χ1) is 5.61. The van der Waals surface area contributed by atoms with Gasteiger partial charge in [0.1, 0.15) is 11.9 Å². The number of aliphatic carboxylic acids is 1. The molecular formula is C8H7O4-. The summed E-state index contributed by atoms with van der Waals surface area (Å²) in [5.41, 5.74) is 0.188. The Balaban J connectivity index is 2.89. The Morgan fingerprint density at radius 1 is 1.33 bits per heavy atom. The van der Waals surface area contributed by atoms with Crippen LogP contribution in [0.15, 0.2) is 24.3 Å². The smallest absolute Gasteiger partial charge is 0.118 e. The van der Waals surface area contributed by atoms with Gasteiger partial charge in [-0.05, 0) is 17.7 Å². The van der Waals surface area contributed by atoms with Crippen LogP contribution in [0.25, 0.3) is 0 Å². The van der Waals surface area contributed by atoms with Crippen LogP contribution in [0.3, 0.4) is 0 Å². The number of phenolic OH excluding ortho intramolecular Hbond substituents is 1. The first-order valence-electron chi connectivity index (χ1n) is 3.29. The van der Waals surface area contributed by atoms with E-state index in [0.717, 1.165) is 0 Å². The summed E-state index contributed by atoms with van der Waals surface area (Å²) < 4.78 is 0. The van der Waals surface area contributed by atoms with Gasteiger partial charge in [-0.3, -0.25) is 0 Å². The SMILES string of the molecule is O=C([O-])C(O)c1ccc(O)cc1. The van der Waals surface area contributed by atoms with Crippen molar-refractivity contribution in [2.45, 2.75) is 6.10 Å². The van der Waals surface area contributed by atoms with Crippen LogP contribution in [0.4, 0.5) is 0 Å². The predicted octanol–water partition coefficient (Wildman–Crippen LogP) is -0.825. The number of carboxylic acids is 1. The van der Waals surface area contributed by atoms with Crippen molar-refractivity contribution in [1.82, 2.24) is 0 Å². The molecule has 0 saturated heterocycles. The minimum Gasteiger partial charge on any atom is -0.547 e. The third kappa shape index (κ3) is 1.73. The van der Waals surface area contributed by atoms with Crippen molar-refractivity contribution in [2.75, 3.05) is 0 Å². The molecule has 4 nitrogen and oxygen atoms in total. The van der Waals surface area contributed by atoms with Crippen LogP contribution in [-0.2, 0) is 4.79 Å². The lowest BCUT2D eigenvalue weighted by Gasteiger charge is -2.10. The molecule has 0 bridgehead atoms. The van der Waals surface area contributed by atoms with Gasteiger partial charge >= 0.3 is 0 Å². The quantitative estimate of drug-likeness (QED) is 0.602. The molecule has 1 rings (SSSR count). The fourth-order valence-corrected chi connectivity index (χ4v) is 0.793. The molecule has 0 saturated carbocycles. The van der Waals surface area contributed by atoms with Gasteiger partial charge in [0.2, 0.25) is 0 Å². The monoisotopic (exact) mass is 167 g/mol. The molecule has 0 amide bonds. The van der Waals surface area contributed by atoms with E-state index in [1.807, 2.05) is 0 Å². The average molecular weight is 167 g/mol. The standard InChI is InChI=1S/C8H8O4/c9-6-3-1-5(2-4-6)7(10)8(11)12/h1-4,7,9-10H,(H,11,12)/p-1. The molecule has 0 spiro atoms. The van der Waals surface area contributed by atoms with Gasteiger partial charge in [-0.2, -0.15) is 0 Å². The zero-order valence-electron chi connectivity index (χ0n) is 6.10. The van der Waals surface area contributed by atoms with Crippen molar-refractivity contribution < 1.29 is 20.1 Å². The molecule has 0 fully saturated rings. The number of hydrogen-bond donors (Lipinski definition) is 2. The molecule has 2 N–H and O–H groups in total. The van der Waals surface area contributed by atoms with E-state index in [9.17, 15) is 9.90 Å². The molecule has 1 aromatic rings. The van der Waals surface area contributed by atoms with Crippen LogP contribution in [0.2, 0.25) is 0 Å². The van der Waals surface area contributed by atoms with Crippen LogP contribution >= 0.6 is 0 Å². The highest BCUT2D eigenvalue weighted by Crippen LogP contribution is 2.15. The normalized spacial score (nSPS) is 12.4. The Morgan fingerprint density at radius 3 is 2.25 bits per heavy atom. The molecule has 0 aromatic heterocycles. The number of phenols is 1. The summed E-state index contributed by atoms with van der Waals surface area (Å²) in [5.74, 6) is -1.54. The number of benzene rings is 1.